The molecule has 8 heteroatoms. The zero-order valence-electron chi connectivity index (χ0n) is 11.5. The molecule has 0 fully saturated rings. The molecule has 0 aliphatic carbocycles. The lowest BCUT2D eigenvalue weighted by Gasteiger charge is -2.31. The molecular formula is C11H19N5O3. The van der Waals surface area contributed by atoms with Crippen molar-refractivity contribution >= 4 is 11.5 Å². The Morgan fingerprint density at radius 3 is 2.63 bits per heavy atom. The molecule has 0 radical (unpaired) electrons. The van der Waals surface area contributed by atoms with E-state index in [-0.39, 0.29) is 22.9 Å². The Morgan fingerprint density at radius 2 is 2.16 bits per heavy atom. The Balaban J connectivity index is 2.89. The van der Waals surface area contributed by atoms with Crippen LogP contribution in [0.3, 0.4) is 0 Å². The van der Waals surface area contributed by atoms with E-state index in [4.69, 9.17) is 10.6 Å². The fraction of sp³-hybridized carbons (Fsp3) is 0.545. The van der Waals surface area contributed by atoms with Gasteiger partial charge in [-0.05, 0) is 27.9 Å². The lowest BCUT2D eigenvalue weighted by atomic mass is 10.1. The maximum Gasteiger partial charge on any atom is 0.278 e. The van der Waals surface area contributed by atoms with Crippen molar-refractivity contribution in [3.05, 3.63) is 22.2 Å². The molecule has 0 bridgehead atoms. The summed E-state index contributed by atoms with van der Waals surface area (Å²) < 4.78 is 5.51. The molecule has 106 valence electrons. The summed E-state index contributed by atoms with van der Waals surface area (Å²) >= 11 is 0. The van der Waals surface area contributed by atoms with E-state index in [2.05, 4.69) is 10.4 Å². The highest BCUT2D eigenvalue weighted by Crippen LogP contribution is 2.22. The second kappa shape index (κ2) is 5.81. The second-order valence-corrected chi connectivity index (χ2v) is 4.95. The molecule has 0 spiro atoms. The van der Waals surface area contributed by atoms with Crippen molar-refractivity contribution in [1.29, 1.82) is 0 Å². The van der Waals surface area contributed by atoms with E-state index in [1.54, 1.807) is 0 Å². The van der Waals surface area contributed by atoms with Crippen molar-refractivity contribution in [3.63, 3.8) is 0 Å². The molecule has 0 amide bonds. The molecule has 0 aromatic carbocycles. The molecule has 0 saturated carbocycles. The first kappa shape index (κ1) is 15.1. The molecule has 0 aliphatic rings. The Kier molecular flexibility index (Phi) is 4.62. The third-order valence-electron chi connectivity index (χ3n) is 2.93. The highest BCUT2D eigenvalue weighted by molar-refractivity contribution is 5.47. The van der Waals surface area contributed by atoms with Gasteiger partial charge in [0.25, 0.3) is 5.69 Å². The second-order valence-electron chi connectivity index (χ2n) is 4.95. The molecule has 0 saturated heterocycles. The van der Waals surface area contributed by atoms with E-state index in [9.17, 15) is 10.1 Å². The molecule has 19 heavy (non-hydrogen) atoms. The summed E-state index contributed by atoms with van der Waals surface area (Å²) in [5.41, 5.74) is 1.93. The van der Waals surface area contributed by atoms with Crippen LogP contribution < -0.4 is 16.0 Å². The lowest BCUT2D eigenvalue weighted by Crippen LogP contribution is -2.43. The van der Waals surface area contributed by atoms with Crippen molar-refractivity contribution in [2.24, 2.45) is 5.84 Å². The van der Waals surface area contributed by atoms with E-state index in [1.165, 1.54) is 12.1 Å². The third-order valence-corrected chi connectivity index (χ3v) is 2.93. The zero-order chi connectivity index (χ0) is 14.6. The number of aromatic nitrogens is 1. The van der Waals surface area contributed by atoms with E-state index >= 15 is 0 Å². The molecule has 1 aromatic heterocycles. The molecule has 8 nitrogen and oxygen atoms in total. The molecule has 0 aliphatic heterocycles. The summed E-state index contributed by atoms with van der Waals surface area (Å²) in [5, 5.41) is 10.8. The molecule has 0 atom stereocenters. The van der Waals surface area contributed by atoms with E-state index in [1.807, 2.05) is 32.8 Å². The number of anilines is 1. The number of hydrogen-bond acceptors (Lipinski definition) is 7. The predicted molar refractivity (Wildman–Crippen MR) is 72.0 cm³/mol. The van der Waals surface area contributed by atoms with Crippen LogP contribution in [0.25, 0.3) is 0 Å². The van der Waals surface area contributed by atoms with E-state index in [0.717, 1.165) is 0 Å². The predicted octanol–water partition coefficient (Wildman–Crippen LogP) is 0.994. The van der Waals surface area contributed by atoms with Gasteiger partial charge in [-0.1, -0.05) is 0 Å². The number of rotatable bonds is 6. The maximum absolute atomic E-state index is 10.8. The van der Waals surface area contributed by atoms with Gasteiger partial charge in [-0.25, -0.2) is 5.84 Å². The zero-order valence-corrected chi connectivity index (χ0v) is 11.5. The van der Waals surface area contributed by atoms with E-state index in [0.29, 0.717) is 6.61 Å². The number of hydrogen-bond donors (Lipinski definition) is 2. The van der Waals surface area contributed by atoms with Crippen molar-refractivity contribution < 1.29 is 9.66 Å². The summed E-state index contributed by atoms with van der Waals surface area (Å²) in [7, 11) is 3.86. The minimum atomic E-state index is -0.521. The normalized spacial score (nSPS) is 11.5. The van der Waals surface area contributed by atoms with Crippen LogP contribution in [0, 0.1) is 10.1 Å². The van der Waals surface area contributed by atoms with Gasteiger partial charge in [0.15, 0.2) is 5.82 Å². The van der Waals surface area contributed by atoms with Gasteiger partial charge in [0.05, 0.1) is 17.1 Å². The van der Waals surface area contributed by atoms with Gasteiger partial charge in [-0.3, -0.25) is 10.1 Å². The van der Waals surface area contributed by atoms with Gasteiger partial charge in [0, 0.05) is 5.54 Å². The number of likely N-dealkylation sites (N-methyl/N-ethyl adjacent to an activating group) is 1. The smallest absolute Gasteiger partial charge is 0.278 e. The molecule has 1 rings (SSSR count). The first-order chi connectivity index (χ1) is 8.76. The van der Waals surface area contributed by atoms with Gasteiger partial charge < -0.3 is 15.1 Å². The summed E-state index contributed by atoms with van der Waals surface area (Å²) in [4.78, 5) is 16.3. The van der Waals surface area contributed by atoms with Gasteiger partial charge in [-0.15, -0.1) is 0 Å². The Hall–Kier alpha value is -1.93. The number of nitrogen functional groups attached to an aromatic ring is 1. The Labute approximate surface area is 111 Å². The number of nitrogens with zero attached hydrogens (tertiary/aromatic N) is 3. The average Bonchev–Trinajstić information content (AvgIpc) is 2.35. The minimum absolute atomic E-state index is 0.124. The van der Waals surface area contributed by atoms with Crippen LogP contribution in [0.1, 0.15) is 13.8 Å². The summed E-state index contributed by atoms with van der Waals surface area (Å²) in [6.07, 6.45) is 0. The standard InChI is InChI=1S/C11H19N5O3/c1-11(2,15(3)4)7-19-10-6-8(16(17)18)5-9(13-10)14-12/h5-6H,7,12H2,1-4H3,(H,13,14). The highest BCUT2D eigenvalue weighted by atomic mass is 16.6. The van der Waals surface area contributed by atoms with Crippen molar-refractivity contribution in [3.8, 4) is 5.88 Å². The van der Waals surface area contributed by atoms with Crippen LogP contribution in [0.2, 0.25) is 0 Å². The lowest BCUT2D eigenvalue weighted by molar-refractivity contribution is -0.384. The molecule has 0 unspecified atom stereocenters. The summed E-state index contributed by atoms with van der Waals surface area (Å²) in [6, 6.07) is 2.51. The van der Waals surface area contributed by atoms with Gasteiger partial charge in [0.2, 0.25) is 5.88 Å². The maximum atomic E-state index is 10.8. The van der Waals surface area contributed by atoms with Gasteiger partial charge in [-0.2, -0.15) is 4.98 Å². The topological polar surface area (TPSA) is 107 Å². The molecule has 1 heterocycles. The fourth-order valence-corrected chi connectivity index (χ4v) is 1.12. The van der Waals surface area contributed by atoms with Crippen LogP contribution in [0.4, 0.5) is 11.5 Å². The largest absolute Gasteiger partial charge is 0.475 e. The third kappa shape index (κ3) is 4.04. The van der Waals surface area contributed by atoms with Crippen LogP contribution in [0.5, 0.6) is 5.88 Å². The number of hydrazine groups is 1. The first-order valence-corrected chi connectivity index (χ1v) is 5.69. The van der Waals surface area contributed by atoms with Crippen molar-refractivity contribution in [2.75, 3.05) is 26.1 Å². The number of pyridine rings is 1. The van der Waals surface area contributed by atoms with Crippen LogP contribution in [-0.2, 0) is 0 Å². The molecular weight excluding hydrogens is 250 g/mol. The number of nitrogens with one attached hydrogen (secondary N) is 1. The molecule has 1 aromatic rings. The summed E-state index contributed by atoms with van der Waals surface area (Å²) in [5.74, 6) is 5.57. The SMILES string of the molecule is CN(C)C(C)(C)COc1cc([N+](=O)[O-])cc(NN)n1. The Bertz CT molecular complexity index is 462. The minimum Gasteiger partial charge on any atom is -0.475 e. The van der Waals surface area contributed by atoms with Crippen molar-refractivity contribution in [2.45, 2.75) is 19.4 Å². The first-order valence-electron chi connectivity index (χ1n) is 5.69. The van der Waals surface area contributed by atoms with E-state index < -0.39 is 4.92 Å². The highest BCUT2D eigenvalue weighted by Gasteiger charge is 2.22. The van der Waals surface area contributed by atoms with Gasteiger partial charge in [0.1, 0.15) is 6.61 Å². The Morgan fingerprint density at radius 1 is 1.53 bits per heavy atom. The quantitative estimate of drug-likeness (QED) is 0.450. The summed E-state index contributed by atoms with van der Waals surface area (Å²) in [6.45, 7) is 4.33. The number of nitrogens with two attached hydrogens (primary N) is 1. The molecule has 3 N–H and O–H groups in total. The van der Waals surface area contributed by atoms with Crippen LogP contribution in [-0.4, -0.2) is 41.0 Å². The van der Waals surface area contributed by atoms with Crippen LogP contribution in [0.15, 0.2) is 12.1 Å². The average molecular weight is 269 g/mol. The van der Waals surface area contributed by atoms with Crippen LogP contribution >= 0.6 is 0 Å². The number of nitro groups is 1. The number of ether oxygens (including phenoxy) is 1. The van der Waals surface area contributed by atoms with Gasteiger partial charge >= 0.3 is 0 Å². The monoisotopic (exact) mass is 269 g/mol. The fourth-order valence-electron chi connectivity index (χ4n) is 1.12. The van der Waals surface area contributed by atoms with Crippen molar-refractivity contribution in [1.82, 2.24) is 9.88 Å².